The maximum Gasteiger partial charge on any atom is 0.171 e. The maximum absolute atomic E-state index is 5.33. The Morgan fingerprint density at radius 2 is 1.50 bits per heavy atom. The standard InChI is InChI=1S/C9H16N2S/c1-10-7-5-3-4-6-8(7)11(2)9(10)12/h7-8H,3-6H2,1-2H3. The van der Waals surface area contributed by atoms with Crippen LogP contribution in [0.15, 0.2) is 0 Å². The molecule has 2 nitrogen and oxygen atoms in total. The highest BCUT2D eigenvalue weighted by molar-refractivity contribution is 7.80. The van der Waals surface area contributed by atoms with Gasteiger partial charge in [0.15, 0.2) is 5.11 Å². The van der Waals surface area contributed by atoms with E-state index in [4.69, 9.17) is 12.2 Å². The number of fused-ring (bicyclic) bond motifs is 1. The molecule has 2 rings (SSSR count). The van der Waals surface area contributed by atoms with Crippen LogP contribution in [0.2, 0.25) is 0 Å². The summed E-state index contributed by atoms with van der Waals surface area (Å²) < 4.78 is 0. The molecule has 0 amide bonds. The molecule has 0 aromatic carbocycles. The highest BCUT2D eigenvalue weighted by atomic mass is 32.1. The van der Waals surface area contributed by atoms with Gasteiger partial charge in [0.2, 0.25) is 0 Å². The lowest BCUT2D eigenvalue weighted by atomic mass is 9.91. The molecule has 1 aliphatic carbocycles. The Morgan fingerprint density at radius 3 is 1.92 bits per heavy atom. The van der Waals surface area contributed by atoms with E-state index in [1.54, 1.807) is 0 Å². The van der Waals surface area contributed by atoms with E-state index in [2.05, 4.69) is 23.9 Å². The maximum atomic E-state index is 5.33. The molecule has 0 N–H and O–H groups in total. The fourth-order valence-electron chi connectivity index (χ4n) is 2.53. The molecule has 1 saturated heterocycles. The first kappa shape index (κ1) is 8.30. The van der Waals surface area contributed by atoms with Gasteiger partial charge in [0, 0.05) is 14.1 Å². The van der Waals surface area contributed by atoms with Crippen molar-refractivity contribution in [2.75, 3.05) is 14.1 Å². The van der Waals surface area contributed by atoms with Gasteiger partial charge in [-0.05, 0) is 25.1 Å². The first-order valence-electron chi connectivity index (χ1n) is 4.71. The zero-order valence-corrected chi connectivity index (χ0v) is 8.60. The monoisotopic (exact) mass is 184 g/mol. The van der Waals surface area contributed by atoms with Crippen molar-refractivity contribution < 1.29 is 0 Å². The second kappa shape index (κ2) is 2.87. The molecule has 0 aromatic heterocycles. The van der Waals surface area contributed by atoms with Crippen molar-refractivity contribution in [2.45, 2.75) is 37.8 Å². The Bertz CT molecular complexity index is 185. The summed E-state index contributed by atoms with van der Waals surface area (Å²) in [6, 6.07) is 1.41. The van der Waals surface area contributed by atoms with E-state index in [-0.39, 0.29) is 0 Å². The number of rotatable bonds is 0. The lowest BCUT2D eigenvalue weighted by Crippen LogP contribution is -2.37. The van der Waals surface area contributed by atoms with Crippen molar-refractivity contribution in [1.29, 1.82) is 0 Å². The van der Waals surface area contributed by atoms with E-state index in [0.717, 1.165) is 5.11 Å². The second-order valence-electron chi connectivity index (χ2n) is 3.92. The van der Waals surface area contributed by atoms with Crippen LogP contribution in [0, 0.1) is 0 Å². The van der Waals surface area contributed by atoms with E-state index < -0.39 is 0 Å². The first-order chi connectivity index (χ1) is 5.72. The number of likely N-dealkylation sites (N-methyl/N-ethyl adjacent to an activating group) is 2. The van der Waals surface area contributed by atoms with Crippen LogP contribution in [0.1, 0.15) is 25.7 Å². The zero-order chi connectivity index (χ0) is 8.72. The summed E-state index contributed by atoms with van der Waals surface area (Å²) >= 11 is 5.33. The van der Waals surface area contributed by atoms with Gasteiger partial charge in [-0.3, -0.25) is 0 Å². The van der Waals surface area contributed by atoms with E-state index >= 15 is 0 Å². The van der Waals surface area contributed by atoms with Crippen LogP contribution in [0.3, 0.4) is 0 Å². The SMILES string of the molecule is CN1C(=S)N(C)C2CCCCC21. The van der Waals surface area contributed by atoms with Crippen molar-refractivity contribution >= 4 is 17.3 Å². The van der Waals surface area contributed by atoms with Gasteiger partial charge < -0.3 is 9.80 Å². The van der Waals surface area contributed by atoms with E-state index in [0.29, 0.717) is 12.1 Å². The summed E-state index contributed by atoms with van der Waals surface area (Å²) in [7, 11) is 4.27. The van der Waals surface area contributed by atoms with Gasteiger partial charge in [-0.15, -0.1) is 0 Å². The fraction of sp³-hybridized carbons (Fsp3) is 0.889. The topological polar surface area (TPSA) is 6.48 Å². The minimum absolute atomic E-state index is 0.705. The van der Waals surface area contributed by atoms with Gasteiger partial charge in [0.25, 0.3) is 0 Å². The van der Waals surface area contributed by atoms with Gasteiger partial charge in [-0.1, -0.05) is 12.8 Å². The van der Waals surface area contributed by atoms with Crippen molar-refractivity contribution in [3.8, 4) is 0 Å². The molecule has 2 fully saturated rings. The summed E-state index contributed by atoms with van der Waals surface area (Å²) in [4.78, 5) is 4.55. The molecule has 1 aliphatic heterocycles. The predicted molar refractivity (Wildman–Crippen MR) is 54.2 cm³/mol. The first-order valence-corrected chi connectivity index (χ1v) is 5.12. The van der Waals surface area contributed by atoms with Gasteiger partial charge >= 0.3 is 0 Å². The minimum Gasteiger partial charge on any atom is -0.347 e. The molecular weight excluding hydrogens is 168 g/mol. The van der Waals surface area contributed by atoms with E-state index in [9.17, 15) is 0 Å². The molecule has 0 spiro atoms. The third kappa shape index (κ3) is 1.03. The van der Waals surface area contributed by atoms with Crippen LogP contribution < -0.4 is 0 Å². The predicted octanol–water partition coefficient (Wildman–Crippen LogP) is 1.46. The third-order valence-electron chi connectivity index (χ3n) is 3.29. The zero-order valence-electron chi connectivity index (χ0n) is 7.79. The Balaban J connectivity index is 2.19. The highest BCUT2D eigenvalue weighted by Crippen LogP contribution is 2.31. The number of hydrogen-bond acceptors (Lipinski definition) is 1. The normalized spacial score (nSPS) is 35.7. The number of thiocarbonyl (C=S) groups is 1. The van der Waals surface area contributed by atoms with Crippen molar-refractivity contribution in [2.24, 2.45) is 0 Å². The number of hydrogen-bond donors (Lipinski definition) is 0. The average Bonchev–Trinajstić information content (AvgIpc) is 2.33. The Hall–Kier alpha value is -0.310. The van der Waals surface area contributed by atoms with Crippen LogP contribution in [-0.2, 0) is 0 Å². The van der Waals surface area contributed by atoms with Crippen LogP contribution in [0.5, 0.6) is 0 Å². The summed E-state index contributed by atoms with van der Waals surface area (Å²) in [6.45, 7) is 0. The molecule has 0 radical (unpaired) electrons. The van der Waals surface area contributed by atoms with Gasteiger partial charge in [-0.25, -0.2) is 0 Å². The highest BCUT2D eigenvalue weighted by Gasteiger charge is 2.39. The molecule has 0 bridgehead atoms. The van der Waals surface area contributed by atoms with Crippen LogP contribution in [0.4, 0.5) is 0 Å². The molecule has 3 heteroatoms. The lowest BCUT2D eigenvalue weighted by molar-refractivity contribution is 0.233. The quantitative estimate of drug-likeness (QED) is 0.526. The second-order valence-corrected chi connectivity index (χ2v) is 4.29. The minimum atomic E-state index is 0.705. The van der Waals surface area contributed by atoms with Gasteiger partial charge in [0.05, 0.1) is 12.1 Å². The Labute approximate surface area is 79.5 Å². The lowest BCUT2D eigenvalue weighted by Gasteiger charge is -2.29. The van der Waals surface area contributed by atoms with Crippen LogP contribution in [0.25, 0.3) is 0 Å². The molecule has 2 aliphatic rings. The number of nitrogens with zero attached hydrogens (tertiary/aromatic N) is 2. The molecule has 2 unspecified atom stereocenters. The molecule has 68 valence electrons. The van der Waals surface area contributed by atoms with Crippen molar-refractivity contribution in [1.82, 2.24) is 9.80 Å². The molecule has 1 heterocycles. The van der Waals surface area contributed by atoms with Crippen LogP contribution >= 0.6 is 12.2 Å². The van der Waals surface area contributed by atoms with E-state index in [1.165, 1.54) is 25.7 Å². The largest absolute Gasteiger partial charge is 0.347 e. The molecule has 1 saturated carbocycles. The molecule has 12 heavy (non-hydrogen) atoms. The molecule has 2 atom stereocenters. The smallest absolute Gasteiger partial charge is 0.171 e. The fourth-order valence-corrected chi connectivity index (χ4v) is 2.80. The molecular formula is C9H16N2S. The Kier molecular flexibility index (Phi) is 1.99. The summed E-state index contributed by atoms with van der Waals surface area (Å²) in [5.41, 5.74) is 0. The van der Waals surface area contributed by atoms with Crippen LogP contribution in [-0.4, -0.2) is 41.1 Å². The summed E-state index contributed by atoms with van der Waals surface area (Å²) in [5.74, 6) is 0. The van der Waals surface area contributed by atoms with E-state index in [1.807, 2.05) is 0 Å². The van der Waals surface area contributed by atoms with Gasteiger partial charge in [0.1, 0.15) is 0 Å². The van der Waals surface area contributed by atoms with Crippen molar-refractivity contribution in [3.05, 3.63) is 0 Å². The average molecular weight is 184 g/mol. The van der Waals surface area contributed by atoms with Gasteiger partial charge in [-0.2, -0.15) is 0 Å². The van der Waals surface area contributed by atoms with Crippen molar-refractivity contribution in [3.63, 3.8) is 0 Å². The third-order valence-corrected chi connectivity index (χ3v) is 3.87. The molecule has 0 aromatic rings. The summed E-state index contributed by atoms with van der Waals surface area (Å²) in [6.07, 6.45) is 5.40. The summed E-state index contributed by atoms with van der Waals surface area (Å²) in [5, 5.41) is 1.03. The Morgan fingerprint density at radius 1 is 1.08 bits per heavy atom.